The van der Waals surface area contributed by atoms with Crippen LogP contribution in [0.15, 0.2) is 4.90 Å². The molecule has 9 heteroatoms. The number of carbonyl (C=O) groups is 1. The van der Waals surface area contributed by atoms with Crippen LogP contribution in [0.1, 0.15) is 30.0 Å². The predicted molar refractivity (Wildman–Crippen MR) is 66.6 cm³/mol. The van der Waals surface area contributed by atoms with E-state index >= 15 is 0 Å². The van der Waals surface area contributed by atoms with E-state index in [2.05, 4.69) is 14.9 Å². The van der Waals surface area contributed by atoms with Gasteiger partial charge in [0.1, 0.15) is 4.90 Å². The number of carboxylic acids is 1. The fourth-order valence-corrected chi connectivity index (χ4v) is 2.82. The molecule has 108 valence electrons. The van der Waals surface area contributed by atoms with Crippen molar-refractivity contribution in [2.24, 2.45) is 0 Å². The fourth-order valence-electron chi connectivity index (χ4n) is 1.31. The Hall–Kier alpha value is -1.45. The third-order valence-electron chi connectivity index (χ3n) is 2.60. The average Bonchev–Trinajstić information content (AvgIpc) is 2.70. The summed E-state index contributed by atoms with van der Waals surface area (Å²) in [6, 6.07) is 0. The summed E-state index contributed by atoms with van der Waals surface area (Å²) in [4.78, 5) is 10.6. The van der Waals surface area contributed by atoms with Crippen molar-refractivity contribution in [1.29, 1.82) is 0 Å². The summed E-state index contributed by atoms with van der Waals surface area (Å²) >= 11 is 0. The van der Waals surface area contributed by atoms with Gasteiger partial charge in [-0.3, -0.25) is 5.10 Å². The molecule has 1 aromatic heterocycles. The lowest BCUT2D eigenvalue weighted by atomic mass is 10.1. The molecule has 1 rings (SSSR count). The molecule has 0 saturated heterocycles. The van der Waals surface area contributed by atoms with Gasteiger partial charge in [-0.15, -0.1) is 0 Å². The standard InChI is InChI=1S/C10H17N3O5S/c1-6-8(7(9(14)15)13-12-6)19(16,17)11-5-10(2,3)18-4/h11H,5H2,1-4H3,(H,12,13)(H,14,15). The second-order valence-corrected chi connectivity index (χ2v) is 6.32. The maximum Gasteiger partial charge on any atom is 0.357 e. The number of methoxy groups -OCH3 is 1. The summed E-state index contributed by atoms with van der Waals surface area (Å²) in [5, 5.41) is 14.7. The maximum absolute atomic E-state index is 12.1. The highest BCUT2D eigenvalue weighted by atomic mass is 32.2. The minimum absolute atomic E-state index is 0.00944. The lowest BCUT2D eigenvalue weighted by Crippen LogP contribution is -2.40. The smallest absolute Gasteiger partial charge is 0.357 e. The molecule has 0 atom stereocenters. The highest BCUT2D eigenvalue weighted by Gasteiger charge is 2.29. The largest absolute Gasteiger partial charge is 0.476 e. The van der Waals surface area contributed by atoms with Crippen LogP contribution >= 0.6 is 0 Å². The molecule has 0 radical (unpaired) electrons. The third kappa shape index (κ3) is 3.52. The highest BCUT2D eigenvalue weighted by molar-refractivity contribution is 7.89. The van der Waals surface area contributed by atoms with Gasteiger partial charge in [-0.1, -0.05) is 0 Å². The van der Waals surface area contributed by atoms with Crippen molar-refractivity contribution in [2.45, 2.75) is 31.3 Å². The van der Waals surface area contributed by atoms with Crippen molar-refractivity contribution in [1.82, 2.24) is 14.9 Å². The van der Waals surface area contributed by atoms with Crippen LogP contribution in [0, 0.1) is 6.92 Å². The maximum atomic E-state index is 12.1. The summed E-state index contributed by atoms with van der Waals surface area (Å²) in [5.41, 5.74) is -1.06. The van der Waals surface area contributed by atoms with Gasteiger partial charge >= 0.3 is 5.97 Å². The van der Waals surface area contributed by atoms with Crippen molar-refractivity contribution in [3.8, 4) is 0 Å². The first-order valence-electron chi connectivity index (χ1n) is 5.44. The lowest BCUT2D eigenvalue weighted by molar-refractivity contribution is 0.0276. The second-order valence-electron chi connectivity index (χ2n) is 4.62. The zero-order valence-corrected chi connectivity index (χ0v) is 12.0. The van der Waals surface area contributed by atoms with Crippen LogP contribution in [-0.4, -0.2) is 48.9 Å². The molecule has 3 N–H and O–H groups in total. The van der Waals surface area contributed by atoms with Crippen LogP contribution in [0.25, 0.3) is 0 Å². The lowest BCUT2D eigenvalue weighted by Gasteiger charge is -2.23. The van der Waals surface area contributed by atoms with Gasteiger partial charge in [0, 0.05) is 13.7 Å². The summed E-state index contributed by atoms with van der Waals surface area (Å²) < 4.78 is 31.6. The van der Waals surface area contributed by atoms with E-state index in [-0.39, 0.29) is 17.1 Å². The van der Waals surface area contributed by atoms with Crippen molar-refractivity contribution >= 4 is 16.0 Å². The molecule has 8 nitrogen and oxygen atoms in total. The van der Waals surface area contributed by atoms with Crippen molar-refractivity contribution in [3.05, 3.63) is 11.4 Å². The Morgan fingerprint density at radius 1 is 1.53 bits per heavy atom. The number of aromatic amines is 1. The Morgan fingerprint density at radius 2 is 2.11 bits per heavy atom. The van der Waals surface area contributed by atoms with Gasteiger partial charge < -0.3 is 9.84 Å². The van der Waals surface area contributed by atoms with E-state index in [1.807, 2.05) is 0 Å². The molecule has 0 saturated carbocycles. The van der Waals surface area contributed by atoms with Gasteiger partial charge in [-0.25, -0.2) is 17.9 Å². The van der Waals surface area contributed by atoms with Crippen molar-refractivity contribution < 1.29 is 23.1 Å². The van der Waals surface area contributed by atoms with Gasteiger partial charge in [0.05, 0.1) is 11.3 Å². The quantitative estimate of drug-likeness (QED) is 0.684. The molecule has 0 aliphatic carbocycles. The van der Waals surface area contributed by atoms with E-state index in [1.165, 1.54) is 14.0 Å². The van der Waals surface area contributed by atoms with Gasteiger partial charge in [-0.05, 0) is 20.8 Å². The molecule has 0 aromatic carbocycles. The first-order valence-corrected chi connectivity index (χ1v) is 6.92. The van der Waals surface area contributed by atoms with E-state index in [1.54, 1.807) is 13.8 Å². The number of hydrogen-bond acceptors (Lipinski definition) is 5. The molecule has 1 aromatic rings. The Kier molecular flexibility index (Phi) is 4.33. The van der Waals surface area contributed by atoms with Crippen LogP contribution in [0.5, 0.6) is 0 Å². The zero-order valence-electron chi connectivity index (χ0n) is 11.1. The Labute approximate surface area is 111 Å². The van der Waals surface area contributed by atoms with E-state index in [9.17, 15) is 13.2 Å². The fraction of sp³-hybridized carbons (Fsp3) is 0.600. The number of nitrogens with zero attached hydrogens (tertiary/aromatic N) is 1. The highest BCUT2D eigenvalue weighted by Crippen LogP contribution is 2.18. The molecule has 0 aliphatic heterocycles. The Bertz CT molecular complexity index is 576. The minimum Gasteiger partial charge on any atom is -0.476 e. The average molecular weight is 291 g/mol. The van der Waals surface area contributed by atoms with E-state index in [0.717, 1.165) is 0 Å². The zero-order chi connectivity index (χ0) is 14.8. The van der Waals surface area contributed by atoms with Crippen molar-refractivity contribution in [2.75, 3.05) is 13.7 Å². The molecule has 0 amide bonds. The van der Waals surface area contributed by atoms with Gasteiger partial charge in [-0.2, -0.15) is 5.10 Å². The number of aromatic carboxylic acids is 1. The number of aromatic nitrogens is 2. The van der Waals surface area contributed by atoms with Gasteiger partial charge in [0.15, 0.2) is 5.69 Å². The number of hydrogen-bond donors (Lipinski definition) is 3. The van der Waals surface area contributed by atoms with E-state index in [4.69, 9.17) is 9.84 Å². The number of H-pyrrole nitrogens is 1. The Balaban J connectivity index is 3.08. The number of aryl methyl sites for hydroxylation is 1. The van der Waals surface area contributed by atoms with Crippen molar-refractivity contribution in [3.63, 3.8) is 0 Å². The Morgan fingerprint density at radius 3 is 2.58 bits per heavy atom. The first kappa shape index (κ1) is 15.6. The van der Waals surface area contributed by atoms with E-state index < -0.39 is 27.3 Å². The molecule has 0 spiro atoms. The van der Waals surface area contributed by atoms with Crippen LogP contribution in [-0.2, 0) is 14.8 Å². The summed E-state index contributed by atoms with van der Waals surface area (Å²) in [5.74, 6) is -1.41. The van der Waals surface area contributed by atoms with Crippen LogP contribution in [0.3, 0.4) is 0 Å². The minimum atomic E-state index is -3.97. The third-order valence-corrected chi connectivity index (χ3v) is 4.16. The summed E-state index contributed by atoms with van der Waals surface area (Å²) in [6.07, 6.45) is 0. The molecule has 0 fully saturated rings. The SMILES string of the molecule is COC(C)(C)CNS(=O)(=O)c1c(C(=O)O)n[nH]c1C. The number of ether oxygens (including phenoxy) is 1. The van der Waals surface area contributed by atoms with Gasteiger partial charge in [0.2, 0.25) is 10.0 Å². The molecule has 1 heterocycles. The monoisotopic (exact) mass is 291 g/mol. The van der Waals surface area contributed by atoms with E-state index in [0.29, 0.717) is 0 Å². The molecule has 0 aliphatic rings. The van der Waals surface area contributed by atoms with Crippen LogP contribution < -0.4 is 4.72 Å². The van der Waals surface area contributed by atoms with Crippen LogP contribution in [0.2, 0.25) is 0 Å². The number of carboxylic acid groups (broad SMARTS) is 1. The molecule has 0 unspecified atom stereocenters. The molecule has 19 heavy (non-hydrogen) atoms. The predicted octanol–water partition coefficient (Wildman–Crippen LogP) is 0.120. The number of nitrogens with one attached hydrogen (secondary N) is 2. The van der Waals surface area contributed by atoms with Crippen LogP contribution in [0.4, 0.5) is 0 Å². The number of rotatable bonds is 6. The first-order chi connectivity index (χ1) is 8.60. The topological polar surface area (TPSA) is 121 Å². The molecule has 0 bridgehead atoms. The normalized spacial score (nSPS) is 12.6. The summed E-state index contributed by atoms with van der Waals surface area (Å²) in [6.45, 7) is 4.86. The molecular weight excluding hydrogens is 274 g/mol. The van der Waals surface area contributed by atoms with Gasteiger partial charge in [0.25, 0.3) is 0 Å². The second kappa shape index (κ2) is 5.27. The molecular formula is C10H17N3O5S. The summed E-state index contributed by atoms with van der Waals surface area (Å²) in [7, 11) is -2.51. The number of sulfonamides is 1.